The Morgan fingerprint density at radius 3 is 2.87 bits per heavy atom. The Hall–Kier alpha value is -1.20. The number of rotatable bonds is 3. The predicted octanol–water partition coefficient (Wildman–Crippen LogP) is 1.46. The second-order valence-corrected chi connectivity index (χ2v) is 4.79. The van der Waals surface area contributed by atoms with Crippen molar-refractivity contribution in [3.05, 3.63) is 34.0 Å². The van der Waals surface area contributed by atoms with Crippen LogP contribution in [0.15, 0.2) is 18.6 Å². The molecule has 0 aliphatic heterocycles. The van der Waals surface area contributed by atoms with Gasteiger partial charge in [0.05, 0.1) is 22.2 Å². The van der Waals surface area contributed by atoms with Crippen LogP contribution in [0, 0.1) is 6.92 Å². The van der Waals surface area contributed by atoms with Crippen LogP contribution >= 0.6 is 11.3 Å². The van der Waals surface area contributed by atoms with Crippen LogP contribution in [0.1, 0.15) is 21.6 Å². The summed E-state index contributed by atoms with van der Waals surface area (Å²) in [5.74, 6) is 0. The topological polar surface area (TPSA) is 50.9 Å². The van der Waals surface area contributed by atoms with Crippen LogP contribution in [0.25, 0.3) is 0 Å². The lowest BCUT2D eigenvalue weighted by molar-refractivity contribution is 0.182. The average Bonchev–Trinajstić information content (AvgIpc) is 2.75. The molecule has 2 aromatic heterocycles. The normalized spacial score (nSPS) is 13.0. The maximum atomic E-state index is 9.93. The van der Waals surface area contributed by atoms with Crippen molar-refractivity contribution in [2.24, 2.45) is 7.05 Å². The van der Waals surface area contributed by atoms with Crippen molar-refractivity contribution < 1.29 is 5.11 Å². The fraction of sp³-hybridized carbons (Fsp3) is 0.400. The third-order valence-electron chi connectivity index (χ3n) is 2.15. The van der Waals surface area contributed by atoms with Gasteiger partial charge < -0.3 is 5.11 Å². The average molecular weight is 223 g/mol. The molecule has 2 heterocycles. The largest absolute Gasteiger partial charge is 0.387 e. The standard InChI is InChI=1S/C10H13N3OS/c1-7-11-5-10(15-7)9(14)3-8-4-12-13(2)6-8/h4-6,9,14H,3H2,1-2H3. The van der Waals surface area contributed by atoms with Gasteiger partial charge in [-0.2, -0.15) is 5.10 Å². The fourth-order valence-corrected chi connectivity index (χ4v) is 2.20. The van der Waals surface area contributed by atoms with Crippen molar-refractivity contribution in [1.82, 2.24) is 14.8 Å². The zero-order valence-corrected chi connectivity index (χ0v) is 9.53. The Morgan fingerprint density at radius 1 is 1.53 bits per heavy atom. The van der Waals surface area contributed by atoms with Crippen molar-refractivity contribution in [1.29, 1.82) is 0 Å². The highest BCUT2D eigenvalue weighted by atomic mass is 32.1. The molecule has 0 saturated heterocycles. The van der Waals surface area contributed by atoms with E-state index in [0.717, 1.165) is 15.4 Å². The summed E-state index contributed by atoms with van der Waals surface area (Å²) >= 11 is 1.53. The smallest absolute Gasteiger partial charge is 0.0939 e. The van der Waals surface area contributed by atoms with Gasteiger partial charge in [-0.25, -0.2) is 4.98 Å². The number of thiazole rings is 1. The molecule has 0 aliphatic carbocycles. The Balaban J connectivity index is 2.06. The first-order valence-electron chi connectivity index (χ1n) is 4.73. The Morgan fingerprint density at radius 2 is 2.33 bits per heavy atom. The SMILES string of the molecule is Cc1ncc(C(O)Cc2cnn(C)c2)s1. The van der Waals surface area contributed by atoms with Gasteiger partial charge in [-0.05, 0) is 12.5 Å². The molecule has 80 valence electrons. The van der Waals surface area contributed by atoms with Gasteiger partial charge in [-0.3, -0.25) is 4.68 Å². The van der Waals surface area contributed by atoms with Gasteiger partial charge in [0, 0.05) is 25.9 Å². The number of aliphatic hydroxyl groups excluding tert-OH is 1. The van der Waals surface area contributed by atoms with Crippen LogP contribution in [-0.4, -0.2) is 19.9 Å². The van der Waals surface area contributed by atoms with Gasteiger partial charge in [-0.15, -0.1) is 11.3 Å². The van der Waals surface area contributed by atoms with Gasteiger partial charge in [0.25, 0.3) is 0 Å². The highest BCUT2D eigenvalue weighted by Crippen LogP contribution is 2.23. The van der Waals surface area contributed by atoms with Crippen LogP contribution in [-0.2, 0) is 13.5 Å². The third-order valence-corrected chi connectivity index (χ3v) is 3.17. The molecular weight excluding hydrogens is 210 g/mol. The molecule has 0 spiro atoms. The molecule has 0 aliphatic rings. The molecular formula is C10H13N3OS. The molecule has 0 fully saturated rings. The minimum atomic E-state index is -0.472. The Labute approximate surface area is 92.2 Å². The highest BCUT2D eigenvalue weighted by molar-refractivity contribution is 7.11. The van der Waals surface area contributed by atoms with Crippen LogP contribution in [0.2, 0.25) is 0 Å². The third kappa shape index (κ3) is 2.43. The summed E-state index contributed by atoms with van der Waals surface area (Å²) in [6.45, 7) is 1.94. The van der Waals surface area contributed by atoms with E-state index in [1.165, 1.54) is 11.3 Å². The molecule has 1 unspecified atom stereocenters. The van der Waals surface area contributed by atoms with Crippen molar-refractivity contribution in [3.8, 4) is 0 Å². The predicted molar refractivity (Wildman–Crippen MR) is 58.7 cm³/mol. The molecule has 2 aromatic rings. The van der Waals surface area contributed by atoms with E-state index in [-0.39, 0.29) is 0 Å². The summed E-state index contributed by atoms with van der Waals surface area (Å²) in [6.07, 6.45) is 5.55. The van der Waals surface area contributed by atoms with Gasteiger partial charge in [0.15, 0.2) is 0 Å². The second-order valence-electron chi connectivity index (χ2n) is 3.52. The van der Waals surface area contributed by atoms with E-state index in [2.05, 4.69) is 10.1 Å². The van der Waals surface area contributed by atoms with Crippen LogP contribution < -0.4 is 0 Å². The van der Waals surface area contributed by atoms with Crippen molar-refractivity contribution in [3.63, 3.8) is 0 Å². The van der Waals surface area contributed by atoms with Gasteiger partial charge >= 0.3 is 0 Å². The van der Waals surface area contributed by atoms with Crippen molar-refractivity contribution in [2.75, 3.05) is 0 Å². The number of hydrogen-bond acceptors (Lipinski definition) is 4. The molecule has 0 bridgehead atoms. The molecule has 0 amide bonds. The first-order chi connectivity index (χ1) is 7.15. The summed E-state index contributed by atoms with van der Waals surface area (Å²) < 4.78 is 1.74. The van der Waals surface area contributed by atoms with E-state index >= 15 is 0 Å². The first kappa shape index (κ1) is 10.3. The minimum Gasteiger partial charge on any atom is -0.387 e. The molecule has 2 rings (SSSR count). The van der Waals surface area contributed by atoms with E-state index in [9.17, 15) is 5.11 Å². The zero-order chi connectivity index (χ0) is 10.8. The molecule has 1 atom stereocenters. The lowest BCUT2D eigenvalue weighted by atomic mass is 10.1. The lowest BCUT2D eigenvalue weighted by Crippen LogP contribution is -1.98. The summed E-state index contributed by atoms with van der Waals surface area (Å²) in [5.41, 5.74) is 1.04. The number of nitrogens with zero attached hydrogens (tertiary/aromatic N) is 3. The van der Waals surface area contributed by atoms with Crippen molar-refractivity contribution in [2.45, 2.75) is 19.4 Å². The Bertz CT molecular complexity index is 449. The lowest BCUT2D eigenvalue weighted by Gasteiger charge is -2.04. The van der Waals surface area contributed by atoms with E-state index in [4.69, 9.17) is 0 Å². The summed E-state index contributed by atoms with van der Waals surface area (Å²) in [6, 6.07) is 0. The first-order valence-corrected chi connectivity index (χ1v) is 5.54. The molecule has 4 nitrogen and oxygen atoms in total. The van der Waals surface area contributed by atoms with E-state index in [1.54, 1.807) is 17.1 Å². The summed E-state index contributed by atoms with van der Waals surface area (Å²) in [7, 11) is 1.87. The molecule has 0 aromatic carbocycles. The summed E-state index contributed by atoms with van der Waals surface area (Å²) in [5, 5.41) is 15.0. The number of aryl methyl sites for hydroxylation is 2. The van der Waals surface area contributed by atoms with Crippen molar-refractivity contribution >= 4 is 11.3 Å². The minimum absolute atomic E-state index is 0.472. The number of aromatic nitrogens is 3. The van der Waals surface area contributed by atoms with E-state index < -0.39 is 6.10 Å². The Kier molecular flexibility index (Phi) is 2.83. The second kappa shape index (κ2) is 4.12. The maximum absolute atomic E-state index is 9.93. The molecule has 0 radical (unpaired) electrons. The van der Waals surface area contributed by atoms with Crippen LogP contribution in [0.5, 0.6) is 0 Å². The quantitative estimate of drug-likeness (QED) is 0.857. The fourth-order valence-electron chi connectivity index (χ4n) is 1.43. The van der Waals surface area contributed by atoms with E-state index in [0.29, 0.717) is 6.42 Å². The summed E-state index contributed by atoms with van der Waals surface area (Å²) in [4.78, 5) is 5.04. The zero-order valence-electron chi connectivity index (χ0n) is 8.71. The van der Waals surface area contributed by atoms with E-state index in [1.807, 2.05) is 20.2 Å². The highest BCUT2D eigenvalue weighted by Gasteiger charge is 2.12. The maximum Gasteiger partial charge on any atom is 0.0939 e. The van der Waals surface area contributed by atoms with Gasteiger partial charge in [-0.1, -0.05) is 0 Å². The molecule has 0 saturated carbocycles. The van der Waals surface area contributed by atoms with Gasteiger partial charge in [0.2, 0.25) is 0 Å². The van der Waals surface area contributed by atoms with Crippen LogP contribution in [0.3, 0.4) is 0 Å². The number of hydrogen-bond donors (Lipinski definition) is 1. The van der Waals surface area contributed by atoms with Gasteiger partial charge in [0.1, 0.15) is 0 Å². The monoisotopic (exact) mass is 223 g/mol. The molecule has 1 N–H and O–H groups in total. The number of aliphatic hydroxyl groups is 1. The van der Waals surface area contributed by atoms with Crippen LogP contribution in [0.4, 0.5) is 0 Å². The molecule has 5 heteroatoms. The molecule has 15 heavy (non-hydrogen) atoms.